The zero-order chi connectivity index (χ0) is 10.7. The SMILES string of the molecule is Cc1c(F)ccc(N=C=O)c1C(=O)O. The van der Waals surface area contributed by atoms with Gasteiger partial charge in [0.25, 0.3) is 0 Å². The van der Waals surface area contributed by atoms with Crippen LogP contribution in [0, 0.1) is 12.7 Å². The van der Waals surface area contributed by atoms with Crippen LogP contribution >= 0.6 is 0 Å². The third kappa shape index (κ3) is 1.67. The van der Waals surface area contributed by atoms with Gasteiger partial charge in [0, 0.05) is 5.56 Å². The first-order chi connectivity index (χ1) is 6.57. The Hall–Kier alpha value is -2.00. The Bertz CT molecular complexity index is 436. The Kier molecular flexibility index (Phi) is 2.74. The van der Waals surface area contributed by atoms with Gasteiger partial charge in [0.15, 0.2) is 0 Å². The zero-order valence-electron chi connectivity index (χ0n) is 7.24. The Labute approximate surface area is 78.7 Å². The molecule has 0 fully saturated rings. The van der Waals surface area contributed by atoms with Crippen LogP contribution in [-0.2, 0) is 4.79 Å². The molecule has 72 valence electrons. The zero-order valence-corrected chi connectivity index (χ0v) is 7.24. The molecule has 0 aliphatic carbocycles. The standard InChI is InChI=1S/C9H6FNO3/c1-5-6(10)2-3-7(11-4-12)8(5)9(13)14/h2-3H,1H3,(H,13,14). The lowest BCUT2D eigenvalue weighted by Gasteiger charge is -2.03. The largest absolute Gasteiger partial charge is 0.478 e. The van der Waals surface area contributed by atoms with E-state index in [2.05, 4.69) is 4.99 Å². The van der Waals surface area contributed by atoms with Gasteiger partial charge in [0.05, 0.1) is 11.3 Å². The number of benzene rings is 1. The average molecular weight is 195 g/mol. The maximum absolute atomic E-state index is 13.0. The summed E-state index contributed by atoms with van der Waals surface area (Å²) in [4.78, 5) is 23.9. The van der Waals surface area contributed by atoms with Crippen molar-refractivity contribution in [1.29, 1.82) is 0 Å². The van der Waals surface area contributed by atoms with E-state index in [1.165, 1.54) is 13.0 Å². The number of nitrogens with zero attached hydrogens (tertiary/aromatic N) is 1. The van der Waals surface area contributed by atoms with Gasteiger partial charge in [-0.25, -0.2) is 14.0 Å². The quantitative estimate of drug-likeness (QED) is 0.577. The van der Waals surface area contributed by atoms with Gasteiger partial charge < -0.3 is 5.11 Å². The van der Waals surface area contributed by atoms with Gasteiger partial charge in [-0.2, -0.15) is 4.99 Å². The summed E-state index contributed by atoms with van der Waals surface area (Å²) < 4.78 is 13.0. The molecule has 4 nitrogen and oxygen atoms in total. The number of carboxylic acids is 1. The fourth-order valence-electron chi connectivity index (χ4n) is 1.08. The van der Waals surface area contributed by atoms with Gasteiger partial charge in [-0.3, -0.25) is 0 Å². The van der Waals surface area contributed by atoms with Gasteiger partial charge >= 0.3 is 5.97 Å². The number of aliphatic imine (C=N–C) groups is 1. The molecule has 0 radical (unpaired) electrons. The third-order valence-electron chi connectivity index (χ3n) is 1.76. The molecule has 0 amide bonds. The van der Waals surface area contributed by atoms with Crippen molar-refractivity contribution in [2.45, 2.75) is 6.92 Å². The summed E-state index contributed by atoms with van der Waals surface area (Å²) in [5.74, 6) is -1.97. The van der Waals surface area contributed by atoms with Crippen molar-refractivity contribution in [2.24, 2.45) is 4.99 Å². The lowest BCUT2D eigenvalue weighted by atomic mass is 10.1. The predicted molar refractivity (Wildman–Crippen MR) is 45.9 cm³/mol. The van der Waals surface area contributed by atoms with E-state index in [1.807, 2.05) is 0 Å². The number of halogens is 1. The number of hydrogen-bond donors (Lipinski definition) is 1. The second kappa shape index (κ2) is 3.81. The van der Waals surface area contributed by atoms with Crippen molar-refractivity contribution < 1.29 is 19.1 Å². The molecule has 0 spiro atoms. The van der Waals surface area contributed by atoms with Crippen LogP contribution in [0.1, 0.15) is 15.9 Å². The molecule has 14 heavy (non-hydrogen) atoms. The number of carbonyl (C=O) groups is 1. The van der Waals surface area contributed by atoms with E-state index in [-0.39, 0.29) is 16.8 Å². The Balaban J connectivity index is 3.52. The Morgan fingerprint density at radius 3 is 2.71 bits per heavy atom. The third-order valence-corrected chi connectivity index (χ3v) is 1.76. The predicted octanol–water partition coefficient (Wildman–Crippen LogP) is 1.80. The second-order valence-corrected chi connectivity index (χ2v) is 2.57. The monoisotopic (exact) mass is 195 g/mol. The maximum atomic E-state index is 13.0. The van der Waals surface area contributed by atoms with Crippen molar-refractivity contribution in [2.75, 3.05) is 0 Å². The minimum absolute atomic E-state index is 0.0472. The highest BCUT2D eigenvalue weighted by Gasteiger charge is 2.15. The Morgan fingerprint density at radius 1 is 1.57 bits per heavy atom. The summed E-state index contributed by atoms with van der Waals surface area (Å²) in [6.07, 6.45) is 1.22. The molecule has 1 aromatic rings. The number of hydrogen-bond acceptors (Lipinski definition) is 3. The van der Waals surface area contributed by atoms with Crippen molar-refractivity contribution in [3.63, 3.8) is 0 Å². The van der Waals surface area contributed by atoms with Gasteiger partial charge in [-0.1, -0.05) is 0 Å². The first-order valence-corrected chi connectivity index (χ1v) is 3.68. The number of carbonyl (C=O) groups excluding carboxylic acids is 1. The highest BCUT2D eigenvalue weighted by atomic mass is 19.1. The molecule has 1 rings (SSSR count). The van der Waals surface area contributed by atoms with Gasteiger partial charge in [-0.15, -0.1) is 0 Å². The van der Waals surface area contributed by atoms with E-state index in [9.17, 15) is 14.0 Å². The summed E-state index contributed by atoms with van der Waals surface area (Å²) in [6.45, 7) is 1.31. The minimum Gasteiger partial charge on any atom is -0.478 e. The number of carboxylic acid groups (broad SMARTS) is 1. The average Bonchev–Trinajstić information content (AvgIpc) is 2.11. The molecule has 0 heterocycles. The fourth-order valence-corrected chi connectivity index (χ4v) is 1.08. The van der Waals surface area contributed by atoms with Crippen molar-refractivity contribution in [3.05, 3.63) is 29.1 Å². The molecule has 0 aliphatic rings. The van der Waals surface area contributed by atoms with Crippen LogP contribution in [0.3, 0.4) is 0 Å². The molecule has 0 unspecified atom stereocenters. The van der Waals surface area contributed by atoms with E-state index in [0.717, 1.165) is 12.1 Å². The van der Waals surface area contributed by atoms with E-state index in [0.29, 0.717) is 0 Å². The smallest absolute Gasteiger partial charge is 0.338 e. The normalized spacial score (nSPS) is 9.29. The van der Waals surface area contributed by atoms with E-state index < -0.39 is 11.8 Å². The first-order valence-electron chi connectivity index (χ1n) is 3.68. The van der Waals surface area contributed by atoms with Crippen LogP contribution in [0.15, 0.2) is 17.1 Å². The van der Waals surface area contributed by atoms with E-state index in [1.54, 1.807) is 0 Å². The molecule has 0 atom stereocenters. The second-order valence-electron chi connectivity index (χ2n) is 2.57. The van der Waals surface area contributed by atoms with Crippen LogP contribution < -0.4 is 0 Å². The van der Waals surface area contributed by atoms with E-state index >= 15 is 0 Å². The maximum Gasteiger partial charge on any atom is 0.338 e. The summed E-state index contributed by atoms with van der Waals surface area (Å²) in [7, 11) is 0. The van der Waals surface area contributed by atoms with Gasteiger partial charge in [-0.05, 0) is 19.1 Å². The molecule has 5 heteroatoms. The first kappa shape index (κ1) is 10.1. The van der Waals surface area contributed by atoms with Crippen molar-refractivity contribution >= 4 is 17.7 Å². The van der Waals surface area contributed by atoms with Crippen LogP contribution in [0.4, 0.5) is 10.1 Å². The summed E-state index contributed by atoms with van der Waals surface area (Å²) in [5, 5.41) is 8.74. The molecule has 0 saturated heterocycles. The molecule has 1 N–H and O–H groups in total. The molecule has 0 bridgehead atoms. The molecule has 0 aromatic heterocycles. The van der Waals surface area contributed by atoms with Crippen LogP contribution in [-0.4, -0.2) is 17.2 Å². The van der Waals surface area contributed by atoms with Crippen LogP contribution in [0.25, 0.3) is 0 Å². The minimum atomic E-state index is -1.32. The highest BCUT2D eigenvalue weighted by molar-refractivity contribution is 5.95. The topological polar surface area (TPSA) is 66.7 Å². The van der Waals surface area contributed by atoms with Gasteiger partial charge in [0.2, 0.25) is 6.08 Å². The molecule has 1 aromatic carbocycles. The highest BCUT2D eigenvalue weighted by Crippen LogP contribution is 2.24. The summed E-state index contributed by atoms with van der Waals surface area (Å²) >= 11 is 0. The lowest BCUT2D eigenvalue weighted by molar-refractivity contribution is 0.0696. The number of isocyanates is 1. The number of aromatic carboxylic acids is 1. The molecular formula is C9H6FNO3. The van der Waals surface area contributed by atoms with Crippen molar-refractivity contribution in [3.8, 4) is 0 Å². The van der Waals surface area contributed by atoms with Crippen LogP contribution in [0.2, 0.25) is 0 Å². The Morgan fingerprint density at radius 2 is 2.21 bits per heavy atom. The summed E-state index contributed by atoms with van der Waals surface area (Å²) in [6, 6.07) is 2.18. The fraction of sp³-hybridized carbons (Fsp3) is 0.111. The molecule has 0 saturated carbocycles. The molecule has 0 aliphatic heterocycles. The summed E-state index contributed by atoms with van der Waals surface area (Å²) in [5.41, 5.74) is -0.450. The number of rotatable bonds is 2. The van der Waals surface area contributed by atoms with E-state index in [4.69, 9.17) is 5.11 Å². The van der Waals surface area contributed by atoms with Gasteiger partial charge in [0.1, 0.15) is 5.82 Å². The van der Waals surface area contributed by atoms with Crippen LogP contribution in [0.5, 0.6) is 0 Å². The van der Waals surface area contributed by atoms with Crippen molar-refractivity contribution in [1.82, 2.24) is 0 Å². The molecular weight excluding hydrogens is 189 g/mol. The lowest BCUT2D eigenvalue weighted by Crippen LogP contribution is -2.02.